The van der Waals surface area contributed by atoms with E-state index in [1.807, 2.05) is 6.07 Å². The highest BCUT2D eigenvalue weighted by atomic mass is 32.2. The van der Waals surface area contributed by atoms with Crippen molar-refractivity contribution in [3.8, 4) is 0 Å². The van der Waals surface area contributed by atoms with Crippen LogP contribution < -0.4 is 10.6 Å². The van der Waals surface area contributed by atoms with Gasteiger partial charge >= 0.3 is 0 Å². The first-order valence-corrected chi connectivity index (χ1v) is 7.61. The van der Waals surface area contributed by atoms with Crippen LogP contribution in [0, 0.1) is 0 Å². The quantitative estimate of drug-likeness (QED) is 0.844. The number of amides is 1. The SMILES string of the molecule is CNC(=O)c1cccc(NC2CCS(=O)(=O)C2)c1. The van der Waals surface area contributed by atoms with Crippen molar-refractivity contribution in [3.05, 3.63) is 29.8 Å². The highest BCUT2D eigenvalue weighted by Gasteiger charge is 2.27. The van der Waals surface area contributed by atoms with Crippen molar-refractivity contribution in [2.24, 2.45) is 0 Å². The fourth-order valence-corrected chi connectivity index (χ4v) is 3.71. The highest BCUT2D eigenvalue weighted by molar-refractivity contribution is 7.91. The highest BCUT2D eigenvalue weighted by Crippen LogP contribution is 2.18. The maximum Gasteiger partial charge on any atom is 0.251 e. The van der Waals surface area contributed by atoms with Gasteiger partial charge in [0.15, 0.2) is 9.84 Å². The number of rotatable bonds is 3. The molecule has 1 saturated heterocycles. The van der Waals surface area contributed by atoms with Gasteiger partial charge in [-0.25, -0.2) is 8.42 Å². The summed E-state index contributed by atoms with van der Waals surface area (Å²) < 4.78 is 22.7. The monoisotopic (exact) mass is 268 g/mol. The van der Waals surface area contributed by atoms with Crippen molar-refractivity contribution >= 4 is 21.4 Å². The number of nitrogens with one attached hydrogen (secondary N) is 2. The molecular formula is C12H16N2O3S. The zero-order chi connectivity index (χ0) is 13.2. The van der Waals surface area contributed by atoms with Crippen LogP contribution in [0.2, 0.25) is 0 Å². The Morgan fingerprint density at radius 2 is 2.17 bits per heavy atom. The number of carbonyl (C=O) groups is 1. The first-order chi connectivity index (χ1) is 8.50. The predicted molar refractivity (Wildman–Crippen MR) is 70.5 cm³/mol. The summed E-state index contributed by atoms with van der Waals surface area (Å²) in [5.41, 5.74) is 1.33. The molecule has 0 radical (unpaired) electrons. The minimum atomic E-state index is -2.89. The molecule has 0 aromatic heterocycles. The second kappa shape index (κ2) is 4.97. The van der Waals surface area contributed by atoms with Gasteiger partial charge in [0.2, 0.25) is 0 Å². The summed E-state index contributed by atoms with van der Waals surface area (Å²) in [7, 11) is -1.31. The van der Waals surface area contributed by atoms with Gasteiger partial charge in [-0.2, -0.15) is 0 Å². The number of sulfone groups is 1. The number of hydrogen-bond donors (Lipinski definition) is 2. The van der Waals surface area contributed by atoms with E-state index in [9.17, 15) is 13.2 Å². The molecule has 1 heterocycles. The number of benzene rings is 1. The maximum absolute atomic E-state index is 11.5. The molecule has 1 aromatic rings. The van der Waals surface area contributed by atoms with Gasteiger partial charge in [0.25, 0.3) is 5.91 Å². The van der Waals surface area contributed by atoms with Gasteiger partial charge in [-0.05, 0) is 24.6 Å². The van der Waals surface area contributed by atoms with E-state index in [0.29, 0.717) is 12.0 Å². The van der Waals surface area contributed by atoms with Gasteiger partial charge in [0, 0.05) is 24.3 Å². The second-order valence-electron chi connectivity index (χ2n) is 4.40. The molecule has 1 atom stereocenters. The molecule has 0 saturated carbocycles. The van der Waals surface area contributed by atoms with Crippen LogP contribution in [0.15, 0.2) is 24.3 Å². The zero-order valence-electron chi connectivity index (χ0n) is 10.1. The third kappa shape index (κ3) is 3.01. The van der Waals surface area contributed by atoms with Crippen LogP contribution in [-0.4, -0.2) is 38.9 Å². The number of hydrogen-bond acceptors (Lipinski definition) is 4. The van der Waals surface area contributed by atoms with Gasteiger partial charge in [-0.1, -0.05) is 6.07 Å². The fraction of sp³-hybridized carbons (Fsp3) is 0.417. The Hall–Kier alpha value is -1.56. The summed E-state index contributed by atoms with van der Waals surface area (Å²) in [4.78, 5) is 11.5. The Bertz CT molecular complexity index is 554. The van der Waals surface area contributed by atoms with Crippen LogP contribution in [0.5, 0.6) is 0 Å². The molecule has 1 aliphatic rings. The first kappa shape index (κ1) is 12.9. The molecule has 5 nitrogen and oxygen atoms in total. The lowest BCUT2D eigenvalue weighted by molar-refractivity contribution is 0.0963. The predicted octanol–water partition coefficient (Wildman–Crippen LogP) is 0.645. The lowest BCUT2D eigenvalue weighted by atomic mass is 10.1. The van der Waals surface area contributed by atoms with E-state index in [4.69, 9.17) is 0 Å². The number of carbonyl (C=O) groups excluding carboxylic acids is 1. The number of anilines is 1. The van der Waals surface area contributed by atoms with E-state index in [2.05, 4.69) is 10.6 Å². The Morgan fingerprint density at radius 1 is 1.39 bits per heavy atom. The van der Waals surface area contributed by atoms with Crippen molar-refractivity contribution < 1.29 is 13.2 Å². The lowest BCUT2D eigenvalue weighted by Gasteiger charge is -2.13. The minimum Gasteiger partial charge on any atom is -0.381 e. The van der Waals surface area contributed by atoms with Crippen LogP contribution >= 0.6 is 0 Å². The first-order valence-electron chi connectivity index (χ1n) is 5.79. The molecule has 1 fully saturated rings. The summed E-state index contributed by atoms with van der Waals surface area (Å²) in [6, 6.07) is 6.99. The molecule has 2 rings (SSSR count). The maximum atomic E-state index is 11.5. The Labute approximate surface area is 107 Å². The van der Waals surface area contributed by atoms with Crippen molar-refractivity contribution in [2.75, 3.05) is 23.9 Å². The van der Waals surface area contributed by atoms with E-state index >= 15 is 0 Å². The largest absolute Gasteiger partial charge is 0.381 e. The van der Waals surface area contributed by atoms with E-state index in [0.717, 1.165) is 5.69 Å². The molecule has 1 amide bonds. The standard InChI is InChI=1S/C12H16N2O3S/c1-13-12(15)9-3-2-4-10(7-9)14-11-5-6-18(16,17)8-11/h2-4,7,11,14H,5-6,8H2,1H3,(H,13,15). The van der Waals surface area contributed by atoms with Crippen LogP contribution in [0.3, 0.4) is 0 Å². The smallest absolute Gasteiger partial charge is 0.251 e. The van der Waals surface area contributed by atoms with E-state index < -0.39 is 9.84 Å². The van der Waals surface area contributed by atoms with Crippen LogP contribution in [0.1, 0.15) is 16.8 Å². The Morgan fingerprint density at radius 3 is 2.78 bits per heavy atom. The van der Waals surface area contributed by atoms with Crippen molar-refractivity contribution in [1.29, 1.82) is 0 Å². The van der Waals surface area contributed by atoms with Crippen molar-refractivity contribution in [3.63, 3.8) is 0 Å². The van der Waals surface area contributed by atoms with Gasteiger partial charge in [0.1, 0.15) is 0 Å². The molecule has 0 spiro atoms. The molecule has 1 aromatic carbocycles. The van der Waals surface area contributed by atoms with Gasteiger partial charge < -0.3 is 10.6 Å². The fourth-order valence-electron chi connectivity index (χ4n) is 2.04. The van der Waals surface area contributed by atoms with Gasteiger partial charge in [-0.15, -0.1) is 0 Å². The van der Waals surface area contributed by atoms with E-state index in [-0.39, 0.29) is 23.5 Å². The molecule has 2 N–H and O–H groups in total. The van der Waals surface area contributed by atoms with Gasteiger partial charge in [0.05, 0.1) is 11.5 Å². The van der Waals surface area contributed by atoms with Crippen LogP contribution in [0.4, 0.5) is 5.69 Å². The molecule has 1 unspecified atom stereocenters. The molecular weight excluding hydrogens is 252 g/mol. The van der Waals surface area contributed by atoms with Crippen LogP contribution in [-0.2, 0) is 9.84 Å². The molecule has 0 bridgehead atoms. The summed E-state index contributed by atoms with van der Waals surface area (Å²) in [5.74, 6) is 0.245. The Balaban J connectivity index is 2.08. The average Bonchev–Trinajstić information content (AvgIpc) is 2.68. The van der Waals surface area contributed by atoms with Crippen molar-refractivity contribution in [1.82, 2.24) is 5.32 Å². The second-order valence-corrected chi connectivity index (χ2v) is 6.63. The summed E-state index contributed by atoms with van der Waals surface area (Å²) in [5, 5.41) is 5.71. The lowest BCUT2D eigenvalue weighted by Crippen LogP contribution is -2.21. The average molecular weight is 268 g/mol. The topological polar surface area (TPSA) is 75.3 Å². The summed E-state index contributed by atoms with van der Waals surface area (Å²) in [6.07, 6.45) is 0.618. The summed E-state index contributed by atoms with van der Waals surface area (Å²) >= 11 is 0. The molecule has 6 heteroatoms. The van der Waals surface area contributed by atoms with Gasteiger partial charge in [-0.3, -0.25) is 4.79 Å². The third-order valence-electron chi connectivity index (χ3n) is 2.96. The van der Waals surface area contributed by atoms with E-state index in [1.165, 1.54) is 0 Å². The molecule has 0 aliphatic carbocycles. The molecule has 18 heavy (non-hydrogen) atoms. The molecule has 98 valence electrons. The summed E-state index contributed by atoms with van der Waals surface area (Å²) in [6.45, 7) is 0. The molecule has 1 aliphatic heterocycles. The third-order valence-corrected chi connectivity index (χ3v) is 4.72. The van der Waals surface area contributed by atoms with Crippen LogP contribution in [0.25, 0.3) is 0 Å². The Kier molecular flexibility index (Phi) is 3.56. The zero-order valence-corrected chi connectivity index (χ0v) is 11.0. The van der Waals surface area contributed by atoms with E-state index in [1.54, 1.807) is 25.2 Å². The normalized spacial score (nSPS) is 21.5. The minimum absolute atomic E-state index is 0.0602. The van der Waals surface area contributed by atoms with Crippen molar-refractivity contribution in [2.45, 2.75) is 12.5 Å².